The summed E-state index contributed by atoms with van der Waals surface area (Å²) in [6, 6.07) is 18.5. The van der Waals surface area contributed by atoms with E-state index in [1.54, 1.807) is 7.11 Å². The molecule has 3 heterocycles. The Morgan fingerprint density at radius 3 is 2.64 bits per heavy atom. The Hall–Kier alpha value is -3.25. The van der Waals surface area contributed by atoms with Crippen molar-refractivity contribution in [3.8, 4) is 5.75 Å². The number of aromatic nitrogens is 2. The van der Waals surface area contributed by atoms with Crippen molar-refractivity contribution >= 4 is 11.7 Å². The molecule has 2 aliphatic heterocycles. The molecule has 5 rings (SSSR count). The zero-order valence-corrected chi connectivity index (χ0v) is 19.3. The predicted octanol–water partition coefficient (Wildman–Crippen LogP) is 4.61. The number of aryl methyl sites for hydroxylation is 1. The highest BCUT2D eigenvalue weighted by Crippen LogP contribution is 2.36. The number of hydrogen-bond acceptors (Lipinski definition) is 5. The Bertz CT molecular complexity index is 1150. The van der Waals surface area contributed by atoms with Crippen LogP contribution < -0.4 is 9.64 Å². The lowest BCUT2D eigenvalue weighted by Crippen LogP contribution is -2.37. The first-order chi connectivity index (χ1) is 16.1. The summed E-state index contributed by atoms with van der Waals surface area (Å²) in [5.41, 5.74) is 4.43. The molecule has 2 aliphatic rings. The van der Waals surface area contributed by atoms with Gasteiger partial charge in [0.1, 0.15) is 17.4 Å². The molecule has 1 aromatic heterocycles. The Balaban J connectivity index is 1.45. The Morgan fingerprint density at radius 2 is 1.82 bits per heavy atom. The summed E-state index contributed by atoms with van der Waals surface area (Å²) in [6.45, 7) is 4.44. The van der Waals surface area contributed by atoms with Crippen LogP contribution >= 0.6 is 0 Å². The van der Waals surface area contributed by atoms with Crippen LogP contribution in [0, 0.1) is 6.92 Å². The van der Waals surface area contributed by atoms with Crippen LogP contribution in [-0.4, -0.2) is 34.4 Å². The van der Waals surface area contributed by atoms with E-state index in [4.69, 9.17) is 14.7 Å². The molecule has 0 N–H and O–H groups in total. The third kappa shape index (κ3) is 4.48. The van der Waals surface area contributed by atoms with Crippen molar-refractivity contribution in [1.29, 1.82) is 0 Å². The van der Waals surface area contributed by atoms with E-state index in [-0.39, 0.29) is 11.9 Å². The maximum atomic E-state index is 12.9. The zero-order valence-electron chi connectivity index (χ0n) is 19.3. The van der Waals surface area contributed by atoms with E-state index in [9.17, 15) is 4.79 Å². The molecule has 1 unspecified atom stereocenters. The average molecular weight is 443 g/mol. The van der Waals surface area contributed by atoms with Crippen molar-refractivity contribution in [1.82, 2.24) is 14.9 Å². The molecule has 1 saturated heterocycles. The SMILES string of the molecule is COc1cccc(CN2CCCC2c2nc(C)c3c(n2)N(Cc2ccccc2)C(=O)CC3)c1. The normalized spacial score (nSPS) is 18.4. The van der Waals surface area contributed by atoms with E-state index < -0.39 is 0 Å². The number of carbonyl (C=O) groups excluding carboxylic acids is 1. The standard InChI is InChI=1S/C27H30N4O2/c1-19-23-13-14-25(32)31(18-20-8-4-3-5-9-20)27(23)29-26(28-19)24-12-7-15-30(24)17-21-10-6-11-22(16-21)33-2/h3-6,8-11,16,24H,7,12-15,17-18H2,1-2H3. The van der Waals surface area contributed by atoms with E-state index in [0.717, 1.165) is 60.1 Å². The minimum Gasteiger partial charge on any atom is -0.497 e. The number of rotatable bonds is 6. The summed E-state index contributed by atoms with van der Waals surface area (Å²) in [5, 5.41) is 0. The molecule has 6 nitrogen and oxygen atoms in total. The topological polar surface area (TPSA) is 58.6 Å². The number of ether oxygens (including phenoxy) is 1. The summed E-state index contributed by atoms with van der Waals surface area (Å²) >= 11 is 0. The number of amides is 1. The molecule has 0 aliphatic carbocycles. The number of methoxy groups -OCH3 is 1. The van der Waals surface area contributed by atoms with E-state index in [2.05, 4.69) is 36.1 Å². The number of likely N-dealkylation sites (tertiary alicyclic amines) is 1. The highest BCUT2D eigenvalue weighted by molar-refractivity contribution is 5.95. The van der Waals surface area contributed by atoms with Crippen LogP contribution in [-0.2, 0) is 24.3 Å². The van der Waals surface area contributed by atoms with Crippen molar-refractivity contribution in [2.45, 2.75) is 51.7 Å². The van der Waals surface area contributed by atoms with Crippen LogP contribution in [0.2, 0.25) is 0 Å². The molecule has 0 radical (unpaired) electrons. The summed E-state index contributed by atoms with van der Waals surface area (Å²) in [7, 11) is 1.70. The molecule has 170 valence electrons. The molecule has 1 fully saturated rings. The van der Waals surface area contributed by atoms with Gasteiger partial charge >= 0.3 is 0 Å². The first kappa shape index (κ1) is 21.6. The van der Waals surface area contributed by atoms with Gasteiger partial charge in [-0.05, 0) is 56.0 Å². The second kappa shape index (κ2) is 9.32. The third-order valence-corrected chi connectivity index (χ3v) is 6.72. The van der Waals surface area contributed by atoms with Crippen LogP contribution in [0.25, 0.3) is 0 Å². The zero-order chi connectivity index (χ0) is 22.8. The number of anilines is 1. The van der Waals surface area contributed by atoms with Crippen molar-refractivity contribution in [3.63, 3.8) is 0 Å². The van der Waals surface area contributed by atoms with Gasteiger partial charge in [0.25, 0.3) is 0 Å². The molecule has 2 aromatic carbocycles. The molecule has 6 heteroatoms. The quantitative estimate of drug-likeness (QED) is 0.558. The number of nitrogens with zero attached hydrogens (tertiary/aromatic N) is 4. The summed E-state index contributed by atoms with van der Waals surface area (Å²) < 4.78 is 5.40. The van der Waals surface area contributed by atoms with E-state index in [0.29, 0.717) is 19.4 Å². The fourth-order valence-electron chi connectivity index (χ4n) is 4.99. The molecule has 0 saturated carbocycles. The lowest BCUT2D eigenvalue weighted by molar-refractivity contribution is -0.119. The van der Waals surface area contributed by atoms with Gasteiger partial charge in [-0.1, -0.05) is 42.5 Å². The fraction of sp³-hybridized carbons (Fsp3) is 0.370. The largest absolute Gasteiger partial charge is 0.497 e. The summed E-state index contributed by atoms with van der Waals surface area (Å²) in [5.74, 6) is 2.64. The van der Waals surface area contributed by atoms with Gasteiger partial charge in [0.2, 0.25) is 5.91 Å². The number of fused-ring (bicyclic) bond motifs is 1. The molecule has 0 bridgehead atoms. The number of hydrogen-bond donors (Lipinski definition) is 0. The lowest BCUT2D eigenvalue weighted by atomic mass is 10.0. The Morgan fingerprint density at radius 1 is 1.00 bits per heavy atom. The molecular formula is C27H30N4O2. The van der Waals surface area contributed by atoms with Crippen molar-refractivity contribution in [2.24, 2.45) is 0 Å². The lowest BCUT2D eigenvalue weighted by Gasteiger charge is -2.31. The van der Waals surface area contributed by atoms with Crippen LogP contribution in [0.5, 0.6) is 5.75 Å². The highest BCUT2D eigenvalue weighted by Gasteiger charge is 2.33. The predicted molar refractivity (Wildman–Crippen MR) is 128 cm³/mol. The van der Waals surface area contributed by atoms with Crippen molar-refractivity contribution < 1.29 is 9.53 Å². The second-order valence-electron chi connectivity index (χ2n) is 8.91. The monoisotopic (exact) mass is 442 g/mol. The Kier molecular flexibility index (Phi) is 6.09. The van der Waals surface area contributed by atoms with E-state index in [1.807, 2.05) is 35.2 Å². The number of carbonyl (C=O) groups is 1. The fourth-order valence-corrected chi connectivity index (χ4v) is 4.99. The molecule has 33 heavy (non-hydrogen) atoms. The smallest absolute Gasteiger partial charge is 0.228 e. The van der Waals surface area contributed by atoms with Gasteiger partial charge < -0.3 is 4.74 Å². The molecular weight excluding hydrogens is 412 g/mol. The van der Waals surface area contributed by atoms with Gasteiger partial charge in [0.15, 0.2) is 0 Å². The van der Waals surface area contributed by atoms with Gasteiger partial charge in [0, 0.05) is 24.2 Å². The van der Waals surface area contributed by atoms with Crippen LogP contribution in [0.3, 0.4) is 0 Å². The summed E-state index contributed by atoms with van der Waals surface area (Å²) in [6.07, 6.45) is 3.36. The summed E-state index contributed by atoms with van der Waals surface area (Å²) in [4.78, 5) is 27.2. The molecule has 1 atom stereocenters. The first-order valence-corrected chi connectivity index (χ1v) is 11.7. The second-order valence-corrected chi connectivity index (χ2v) is 8.91. The minimum absolute atomic E-state index is 0.134. The molecule has 1 amide bonds. The highest BCUT2D eigenvalue weighted by atomic mass is 16.5. The van der Waals surface area contributed by atoms with Gasteiger partial charge in [-0.15, -0.1) is 0 Å². The van der Waals surface area contributed by atoms with Gasteiger partial charge in [-0.3, -0.25) is 14.6 Å². The maximum Gasteiger partial charge on any atom is 0.228 e. The Labute approximate surface area is 195 Å². The molecule has 3 aromatic rings. The van der Waals surface area contributed by atoms with E-state index in [1.165, 1.54) is 5.56 Å². The minimum atomic E-state index is 0.134. The van der Waals surface area contributed by atoms with E-state index >= 15 is 0 Å². The van der Waals surface area contributed by atoms with Gasteiger partial charge in [-0.25, -0.2) is 9.97 Å². The van der Waals surface area contributed by atoms with Crippen LogP contribution in [0.1, 0.15) is 53.5 Å². The van der Waals surface area contributed by atoms with Gasteiger partial charge in [0.05, 0.1) is 19.7 Å². The third-order valence-electron chi connectivity index (χ3n) is 6.72. The van der Waals surface area contributed by atoms with Crippen molar-refractivity contribution in [3.05, 3.63) is 82.8 Å². The van der Waals surface area contributed by atoms with Crippen molar-refractivity contribution in [2.75, 3.05) is 18.6 Å². The van der Waals surface area contributed by atoms with Crippen LogP contribution in [0.15, 0.2) is 54.6 Å². The number of benzene rings is 2. The first-order valence-electron chi connectivity index (χ1n) is 11.7. The molecule has 0 spiro atoms. The van der Waals surface area contributed by atoms with Gasteiger partial charge in [-0.2, -0.15) is 0 Å². The van der Waals surface area contributed by atoms with Crippen LogP contribution in [0.4, 0.5) is 5.82 Å². The maximum absolute atomic E-state index is 12.9. The average Bonchev–Trinajstić information content (AvgIpc) is 3.29.